The molecule has 0 atom stereocenters. The van der Waals surface area contributed by atoms with Gasteiger partial charge in [-0.1, -0.05) is 24.4 Å². The van der Waals surface area contributed by atoms with Crippen LogP contribution in [-0.4, -0.2) is 41.3 Å². The van der Waals surface area contributed by atoms with E-state index in [1.54, 1.807) is 35.0 Å². The second-order valence-corrected chi connectivity index (χ2v) is 13.7. The van der Waals surface area contributed by atoms with Crippen molar-refractivity contribution in [2.45, 2.75) is 74.5 Å². The molecule has 2 saturated carbocycles. The third kappa shape index (κ3) is 4.45. The molecule has 0 bridgehead atoms. The minimum Gasteiger partial charge on any atom is -0.324 e. The number of aryl methyl sites for hydroxylation is 1. The quantitative estimate of drug-likeness (QED) is 0.472. The van der Waals surface area contributed by atoms with Gasteiger partial charge in [-0.3, -0.25) is 9.36 Å². The van der Waals surface area contributed by atoms with Crippen LogP contribution in [0.5, 0.6) is 0 Å². The van der Waals surface area contributed by atoms with Crippen LogP contribution in [0.2, 0.25) is 5.02 Å². The van der Waals surface area contributed by atoms with Gasteiger partial charge < -0.3 is 10.6 Å². The van der Waals surface area contributed by atoms with Crippen LogP contribution in [0.15, 0.2) is 40.2 Å². The highest BCUT2D eigenvalue weighted by molar-refractivity contribution is 7.92. The fourth-order valence-electron chi connectivity index (χ4n) is 6.26. The fraction of sp³-hybridized carbons (Fsp3) is 0.519. The van der Waals surface area contributed by atoms with Crippen LogP contribution in [0.4, 0.5) is 11.6 Å². The molecule has 1 spiro atoms. The van der Waals surface area contributed by atoms with Gasteiger partial charge in [0.15, 0.2) is 9.84 Å². The number of hydrogen-bond donors (Lipinski definition) is 2. The van der Waals surface area contributed by atoms with E-state index in [1.165, 1.54) is 0 Å². The predicted octanol–water partition coefficient (Wildman–Crippen LogP) is 4.92. The number of aromatic nitrogens is 3. The number of anilines is 2. The van der Waals surface area contributed by atoms with Gasteiger partial charge in [0.1, 0.15) is 10.7 Å². The predicted molar refractivity (Wildman–Crippen MR) is 146 cm³/mol. The second-order valence-electron chi connectivity index (χ2n) is 11.0. The zero-order chi connectivity index (χ0) is 25.8. The summed E-state index contributed by atoms with van der Waals surface area (Å²) >= 11 is 6.24. The Hall–Kier alpha value is -2.49. The lowest BCUT2D eigenvalue weighted by Gasteiger charge is -2.47. The molecule has 3 aromatic rings. The highest BCUT2D eigenvalue weighted by atomic mass is 35.5. The third-order valence-electron chi connectivity index (χ3n) is 8.62. The molecule has 3 fully saturated rings. The molecular weight excluding hydrogens is 510 g/mol. The average Bonchev–Trinajstić information content (AvgIpc) is 3.40. The largest absolute Gasteiger partial charge is 0.324 e. The van der Waals surface area contributed by atoms with Crippen LogP contribution in [0.1, 0.15) is 63.0 Å². The van der Waals surface area contributed by atoms with Crippen molar-refractivity contribution in [1.82, 2.24) is 19.9 Å². The molecule has 37 heavy (non-hydrogen) atoms. The lowest BCUT2D eigenvalue weighted by Crippen LogP contribution is -2.55. The first-order chi connectivity index (χ1) is 17.8. The molecule has 0 amide bonds. The van der Waals surface area contributed by atoms with Crippen LogP contribution in [0.25, 0.3) is 11.0 Å². The third-order valence-corrected chi connectivity index (χ3v) is 11.2. The summed E-state index contributed by atoms with van der Waals surface area (Å²) in [6.07, 6.45) is 9.07. The molecule has 1 aliphatic heterocycles. The summed E-state index contributed by atoms with van der Waals surface area (Å²) in [6.45, 7) is 3.91. The van der Waals surface area contributed by atoms with E-state index in [9.17, 15) is 13.2 Å². The maximum atomic E-state index is 13.4. The van der Waals surface area contributed by atoms with Crippen LogP contribution in [0, 0.1) is 12.3 Å². The van der Waals surface area contributed by atoms with Crippen LogP contribution in [0.3, 0.4) is 0 Å². The molecule has 0 unspecified atom stereocenters. The van der Waals surface area contributed by atoms with Gasteiger partial charge in [-0.05, 0) is 80.7 Å². The Morgan fingerprint density at radius 1 is 1.11 bits per heavy atom. The number of sulfone groups is 1. The Morgan fingerprint density at radius 3 is 2.49 bits per heavy atom. The molecular formula is C27H32ClN5O3S. The minimum absolute atomic E-state index is 0.0814. The van der Waals surface area contributed by atoms with Gasteiger partial charge in [0.2, 0.25) is 5.95 Å². The molecule has 3 aliphatic rings. The van der Waals surface area contributed by atoms with E-state index in [-0.39, 0.29) is 21.9 Å². The Balaban J connectivity index is 1.26. The topological polar surface area (TPSA) is 106 Å². The van der Waals surface area contributed by atoms with Crippen LogP contribution in [-0.2, 0) is 9.84 Å². The van der Waals surface area contributed by atoms with E-state index in [0.29, 0.717) is 27.3 Å². The maximum Gasteiger partial charge on any atom is 0.271 e. The zero-order valence-corrected chi connectivity index (χ0v) is 22.5. The Kier molecular flexibility index (Phi) is 6.28. The van der Waals surface area contributed by atoms with Crippen molar-refractivity contribution in [2.75, 3.05) is 18.4 Å². The molecule has 10 heteroatoms. The van der Waals surface area contributed by atoms with Crippen molar-refractivity contribution >= 4 is 44.1 Å². The van der Waals surface area contributed by atoms with E-state index in [1.807, 2.05) is 6.92 Å². The van der Waals surface area contributed by atoms with Crippen LogP contribution < -0.4 is 16.2 Å². The van der Waals surface area contributed by atoms with Crippen molar-refractivity contribution in [1.29, 1.82) is 0 Å². The number of nitrogens with zero attached hydrogens (tertiary/aromatic N) is 3. The van der Waals surface area contributed by atoms with E-state index in [2.05, 4.69) is 20.6 Å². The molecule has 2 N–H and O–H groups in total. The Labute approximate surface area is 221 Å². The van der Waals surface area contributed by atoms with Gasteiger partial charge in [-0.2, -0.15) is 4.98 Å². The average molecular weight is 542 g/mol. The normalized spacial score (nSPS) is 20.4. The van der Waals surface area contributed by atoms with Crippen molar-refractivity contribution in [3.05, 3.63) is 51.4 Å². The molecule has 2 aliphatic carbocycles. The number of nitrogens with one attached hydrogen (secondary N) is 2. The number of rotatable bonds is 5. The molecule has 3 heterocycles. The number of hydrogen-bond acceptors (Lipinski definition) is 7. The van der Waals surface area contributed by atoms with Gasteiger partial charge in [-0.15, -0.1) is 0 Å². The smallest absolute Gasteiger partial charge is 0.271 e. The number of fused-ring (bicyclic) bond motifs is 1. The van der Waals surface area contributed by atoms with Crippen molar-refractivity contribution < 1.29 is 8.42 Å². The van der Waals surface area contributed by atoms with Gasteiger partial charge in [0, 0.05) is 36.4 Å². The lowest BCUT2D eigenvalue weighted by molar-refractivity contribution is 0.108. The first kappa shape index (κ1) is 24.8. The van der Waals surface area contributed by atoms with Crippen molar-refractivity contribution in [2.24, 2.45) is 5.41 Å². The van der Waals surface area contributed by atoms with Crippen molar-refractivity contribution in [3.8, 4) is 0 Å². The highest BCUT2D eigenvalue weighted by Crippen LogP contribution is 2.42. The summed E-state index contributed by atoms with van der Waals surface area (Å²) in [6, 6.07) is 6.89. The first-order valence-corrected chi connectivity index (χ1v) is 15.1. The van der Waals surface area contributed by atoms with E-state index in [0.717, 1.165) is 75.7 Å². The molecule has 196 valence electrons. The summed E-state index contributed by atoms with van der Waals surface area (Å²) in [5, 5.41) is 7.13. The second kappa shape index (κ2) is 9.36. The summed E-state index contributed by atoms with van der Waals surface area (Å²) < 4.78 is 28.5. The summed E-state index contributed by atoms with van der Waals surface area (Å²) in [7, 11) is -3.39. The maximum absolute atomic E-state index is 13.4. The first-order valence-electron chi connectivity index (χ1n) is 13.2. The van der Waals surface area contributed by atoms with Gasteiger partial charge in [0.25, 0.3) is 5.56 Å². The Morgan fingerprint density at radius 2 is 1.84 bits per heavy atom. The minimum atomic E-state index is -3.39. The number of halogens is 1. The molecule has 8 nitrogen and oxygen atoms in total. The van der Waals surface area contributed by atoms with Crippen molar-refractivity contribution in [3.63, 3.8) is 0 Å². The van der Waals surface area contributed by atoms with Gasteiger partial charge >= 0.3 is 0 Å². The summed E-state index contributed by atoms with van der Waals surface area (Å²) in [5.74, 6) is 0.353. The molecule has 1 aromatic carbocycles. The Bertz CT molecular complexity index is 1520. The highest BCUT2D eigenvalue weighted by Gasteiger charge is 2.43. The van der Waals surface area contributed by atoms with E-state index >= 15 is 0 Å². The zero-order valence-electron chi connectivity index (χ0n) is 21.0. The molecule has 6 rings (SSSR count). The standard InChI is InChI=1S/C27H32ClN5O3S/c1-17-12-21(37(35,36)20-8-10-27(11-9-20)15-29-16-27)6-7-23(17)31-26-30-14-18-13-22(28)25(34)33(24(18)32-26)19-4-2-3-5-19/h6-7,12-14,19-20,29H,2-5,8-11,15-16H2,1H3,(H,30,31,32). The lowest BCUT2D eigenvalue weighted by atomic mass is 9.70. The number of benzene rings is 1. The summed E-state index contributed by atoms with van der Waals surface area (Å²) in [4.78, 5) is 22.4. The fourth-order valence-corrected chi connectivity index (χ4v) is 8.31. The van der Waals surface area contributed by atoms with E-state index < -0.39 is 9.84 Å². The van der Waals surface area contributed by atoms with E-state index in [4.69, 9.17) is 11.6 Å². The van der Waals surface area contributed by atoms with Gasteiger partial charge in [0.05, 0.1) is 10.1 Å². The summed E-state index contributed by atoms with van der Waals surface area (Å²) in [5.41, 5.74) is 2.18. The number of pyridine rings is 1. The monoisotopic (exact) mass is 541 g/mol. The molecule has 2 aromatic heterocycles. The molecule has 0 radical (unpaired) electrons. The molecule has 1 saturated heterocycles. The SMILES string of the molecule is Cc1cc(S(=O)(=O)C2CCC3(CC2)CNC3)ccc1Nc1ncc2cc(Cl)c(=O)n(C3CCCC3)c2n1. The van der Waals surface area contributed by atoms with Crippen LogP contribution >= 0.6 is 11.6 Å². The van der Waals surface area contributed by atoms with Gasteiger partial charge in [-0.25, -0.2) is 13.4 Å².